The maximum absolute atomic E-state index is 5.60. The Morgan fingerprint density at radius 3 is 2.89 bits per heavy atom. The van der Waals surface area contributed by atoms with Gasteiger partial charge in [0.2, 0.25) is 5.96 Å². The molecule has 0 bridgehead atoms. The third-order valence-electron chi connectivity index (χ3n) is 3.40. The minimum Gasteiger partial charge on any atom is -0.341 e. The first-order valence-electron chi connectivity index (χ1n) is 6.68. The Labute approximate surface area is 109 Å². The van der Waals surface area contributed by atoms with Gasteiger partial charge < -0.3 is 4.90 Å². The number of hydrogen-bond donors (Lipinski definition) is 2. The molecule has 1 aliphatic rings. The van der Waals surface area contributed by atoms with E-state index in [1.54, 1.807) is 0 Å². The Morgan fingerprint density at radius 1 is 1.44 bits per heavy atom. The molecule has 4 nitrogen and oxygen atoms in total. The topological polar surface area (TPSA) is 53.6 Å². The fourth-order valence-electron chi connectivity index (χ4n) is 2.49. The highest BCUT2D eigenvalue weighted by molar-refractivity contribution is 5.82. The second kappa shape index (κ2) is 6.40. The zero-order valence-corrected chi connectivity index (χ0v) is 11.0. The van der Waals surface area contributed by atoms with Gasteiger partial charge in [0.05, 0.1) is 5.69 Å². The van der Waals surface area contributed by atoms with E-state index < -0.39 is 0 Å². The lowest BCUT2D eigenvalue weighted by Gasteiger charge is -2.20. The second-order valence-corrected chi connectivity index (χ2v) is 4.80. The fourth-order valence-corrected chi connectivity index (χ4v) is 2.49. The molecule has 4 heteroatoms. The monoisotopic (exact) mass is 246 g/mol. The van der Waals surface area contributed by atoms with E-state index >= 15 is 0 Å². The highest BCUT2D eigenvalue weighted by atomic mass is 15.4. The summed E-state index contributed by atoms with van der Waals surface area (Å²) in [7, 11) is 0. The number of rotatable bonds is 3. The number of hydrazine groups is 1. The highest BCUT2D eigenvalue weighted by Gasteiger charge is 2.23. The molecule has 2 rings (SSSR count). The van der Waals surface area contributed by atoms with E-state index in [0.717, 1.165) is 30.7 Å². The van der Waals surface area contributed by atoms with Gasteiger partial charge in [-0.05, 0) is 30.9 Å². The van der Waals surface area contributed by atoms with Crippen molar-refractivity contribution in [1.29, 1.82) is 0 Å². The highest BCUT2D eigenvalue weighted by Crippen LogP contribution is 2.21. The summed E-state index contributed by atoms with van der Waals surface area (Å²) in [5.41, 5.74) is 3.67. The molecule has 1 saturated heterocycles. The van der Waals surface area contributed by atoms with E-state index in [9.17, 15) is 0 Å². The van der Waals surface area contributed by atoms with Crippen molar-refractivity contribution in [2.24, 2.45) is 16.8 Å². The van der Waals surface area contributed by atoms with Crippen LogP contribution in [0.25, 0.3) is 0 Å². The van der Waals surface area contributed by atoms with Crippen LogP contribution in [-0.2, 0) is 0 Å². The molecule has 0 saturated carbocycles. The van der Waals surface area contributed by atoms with Gasteiger partial charge in [0.25, 0.3) is 0 Å². The Balaban J connectivity index is 2.04. The quantitative estimate of drug-likeness (QED) is 0.372. The van der Waals surface area contributed by atoms with E-state index in [1.807, 2.05) is 30.3 Å². The normalized spacial score (nSPS) is 20.2. The van der Waals surface area contributed by atoms with E-state index in [0.29, 0.717) is 0 Å². The first kappa shape index (κ1) is 12.9. The third-order valence-corrected chi connectivity index (χ3v) is 3.40. The molecular formula is C14H22N4. The van der Waals surface area contributed by atoms with Crippen LogP contribution in [0.3, 0.4) is 0 Å². The molecule has 1 aromatic rings. The van der Waals surface area contributed by atoms with E-state index in [2.05, 4.69) is 22.2 Å². The predicted molar refractivity (Wildman–Crippen MR) is 75.4 cm³/mol. The van der Waals surface area contributed by atoms with Crippen LogP contribution in [0.15, 0.2) is 35.3 Å². The Bertz CT molecular complexity index is 388. The van der Waals surface area contributed by atoms with Crippen molar-refractivity contribution in [3.8, 4) is 0 Å². The van der Waals surface area contributed by atoms with Crippen LogP contribution in [0.4, 0.5) is 5.69 Å². The first-order valence-corrected chi connectivity index (χ1v) is 6.68. The average molecular weight is 246 g/mol. The van der Waals surface area contributed by atoms with Gasteiger partial charge >= 0.3 is 0 Å². The number of benzene rings is 1. The number of hydrogen-bond acceptors (Lipinski definition) is 2. The van der Waals surface area contributed by atoms with E-state index in [-0.39, 0.29) is 0 Å². The molecule has 3 N–H and O–H groups in total. The number of nitrogens with one attached hydrogen (secondary N) is 1. The van der Waals surface area contributed by atoms with Crippen LogP contribution in [0.1, 0.15) is 26.2 Å². The van der Waals surface area contributed by atoms with Crippen molar-refractivity contribution in [3.63, 3.8) is 0 Å². The fraction of sp³-hybridized carbons (Fsp3) is 0.500. The minimum atomic E-state index is 0.778. The molecule has 0 aromatic heterocycles. The molecule has 1 aliphatic heterocycles. The van der Waals surface area contributed by atoms with Crippen molar-refractivity contribution < 1.29 is 0 Å². The largest absolute Gasteiger partial charge is 0.341 e. The number of para-hydroxylation sites is 1. The van der Waals surface area contributed by atoms with Gasteiger partial charge in [-0.1, -0.05) is 31.5 Å². The van der Waals surface area contributed by atoms with Gasteiger partial charge in [0.15, 0.2) is 0 Å². The molecule has 0 amide bonds. The Morgan fingerprint density at radius 2 is 2.22 bits per heavy atom. The zero-order chi connectivity index (χ0) is 12.8. The molecule has 1 unspecified atom stereocenters. The third kappa shape index (κ3) is 3.23. The van der Waals surface area contributed by atoms with Gasteiger partial charge in [-0.2, -0.15) is 0 Å². The molecular weight excluding hydrogens is 224 g/mol. The van der Waals surface area contributed by atoms with Gasteiger partial charge in [0, 0.05) is 13.1 Å². The number of nitrogens with two attached hydrogens (primary N) is 1. The zero-order valence-electron chi connectivity index (χ0n) is 11.0. The first-order chi connectivity index (χ1) is 8.83. The van der Waals surface area contributed by atoms with Crippen LogP contribution < -0.4 is 11.3 Å². The van der Waals surface area contributed by atoms with Gasteiger partial charge in [-0.3, -0.25) is 5.43 Å². The molecule has 98 valence electrons. The van der Waals surface area contributed by atoms with Crippen molar-refractivity contribution in [2.75, 3.05) is 13.1 Å². The number of aliphatic imine (C=N–C) groups is 1. The number of likely N-dealkylation sites (tertiary alicyclic amines) is 1. The lowest BCUT2D eigenvalue weighted by Crippen LogP contribution is -2.43. The minimum absolute atomic E-state index is 0.778. The number of nitrogens with zero attached hydrogens (tertiary/aromatic N) is 2. The predicted octanol–water partition coefficient (Wildman–Crippen LogP) is 2.26. The van der Waals surface area contributed by atoms with Crippen LogP contribution in [0, 0.1) is 5.92 Å². The lowest BCUT2D eigenvalue weighted by atomic mass is 10.0. The number of guanidine groups is 1. The second-order valence-electron chi connectivity index (χ2n) is 4.80. The summed E-state index contributed by atoms with van der Waals surface area (Å²) in [4.78, 5) is 6.80. The van der Waals surface area contributed by atoms with E-state index in [4.69, 9.17) is 5.84 Å². The van der Waals surface area contributed by atoms with Gasteiger partial charge in [0.1, 0.15) is 0 Å². The molecule has 18 heavy (non-hydrogen) atoms. The van der Waals surface area contributed by atoms with Crippen LogP contribution in [0.2, 0.25) is 0 Å². The van der Waals surface area contributed by atoms with Crippen molar-refractivity contribution in [3.05, 3.63) is 30.3 Å². The molecule has 1 heterocycles. The smallest absolute Gasteiger partial charge is 0.213 e. The molecule has 1 atom stereocenters. The van der Waals surface area contributed by atoms with Crippen LogP contribution in [0.5, 0.6) is 0 Å². The summed E-state index contributed by atoms with van der Waals surface area (Å²) >= 11 is 0. The standard InChI is InChI=1S/C14H22N4/c1-2-6-12-9-10-18(11-12)14(17-15)16-13-7-4-3-5-8-13/h3-5,7-8,12H,2,6,9-11,15H2,1H3,(H,16,17). The Hall–Kier alpha value is -1.55. The maximum Gasteiger partial charge on any atom is 0.213 e. The molecule has 0 radical (unpaired) electrons. The summed E-state index contributed by atoms with van der Waals surface area (Å²) < 4.78 is 0. The molecule has 1 fully saturated rings. The van der Waals surface area contributed by atoms with Crippen LogP contribution >= 0.6 is 0 Å². The molecule has 0 aliphatic carbocycles. The van der Waals surface area contributed by atoms with Crippen molar-refractivity contribution in [2.45, 2.75) is 26.2 Å². The molecule has 0 spiro atoms. The maximum atomic E-state index is 5.60. The van der Waals surface area contributed by atoms with Gasteiger partial charge in [-0.25, -0.2) is 10.8 Å². The Kier molecular flexibility index (Phi) is 4.59. The van der Waals surface area contributed by atoms with Crippen LogP contribution in [-0.4, -0.2) is 23.9 Å². The summed E-state index contributed by atoms with van der Waals surface area (Å²) in [6.45, 7) is 4.34. The summed E-state index contributed by atoms with van der Waals surface area (Å²) in [5, 5.41) is 0. The van der Waals surface area contributed by atoms with Crippen molar-refractivity contribution in [1.82, 2.24) is 10.3 Å². The summed E-state index contributed by atoms with van der Waals surface area (Å²) in [6.07, 6.45) is 3.78. The van der Waals surface area contributed by atoms with E-state index in [1.165, 1.54) is 19.3 Å². The molecule has 1 aromatic carbocycles. The summed E-state index contributed by atoms with van der Waals surface area (Å²) in [5.74, 6) is 7.16. The summed E-state index contributed by atoms with van der Waals surface area (Å²) in [6, 6.07) is 9.92. The average Bonchev–Trinajstić information content (AvgIpc) is 2.86. The van der Waals surface area contributed by atoms with Gasteiger partial charge in [-0.15, -0.1) is 0 Å². The van der Waals surface area contributed by atoms with Crippen molar-refractivity contribution >= 4 is 11.6 Å². The SMILES string of the molecule is CCCC1CCN(C(=Nc2ccccc2)NN)C1. The lowest BCUT2D eigenvalue weighted by molar-refractivity contribution is 0.446.